The number of likely N-dealkylation sites (tertiary alicyclic amines) is 1. The van der Waals surface area contributed by atoms with E-state index in [1.165, 1.54) is 6.42 Å². The molecule has 0 spiro atoms. The van der Waals surface area contributed by atoms with Gasteiger partial charge in [-0.3, -0.25) is 4.79 Å². The number of carbonyl (C=O) groups is 2. The predicted octanol–water partition coefficient (Wildman–Crippen LogP) is 4.00. The summed E-state index contributed by atoms with van der Waals surface area (Å²) < 4.78 is 0. The van der Waals surface area contributed by atoms with Crippen LogP contribution in [0.5, 0.6) is 0 Å². The van der Waals surface area contributed by atoms with Gasteiger partial charge in [0, 0.05) is 24.0 Å². The third-order valence-corrected chi connectivity index (χ3v) is 6.68. The summed E-state index contributed by atoms with van der Waals surface area (Å²) in [5.41, 5.74) is 0.288. The standard InChI is InChI=1S/C21H33N3O2S/c1-15-10-17(12-21(2,3)11-15)23-19(25)16-6-4-8-24(14-16)20(26)22-13-18-7-5-9-27-18/h5,7,9,15-17H,4,6,8,10-14H2,1-3H3,(H,22,26)(H,23,25). The van der Waals surface area contributed by atoms with E-state index in [1.54, 1.807) is 16.2 Å². The number of urea groups is 1. The lowest BCUT2D eigenvalue weighted by Gasteiger charge is -2.40. The van der Waals surface area contributed by atoms with Gasteiger partial charge in [0.2, 0.25) is 5.91 Å². The maximum atomic E-state index is 12.8. The van der Waals surface area contributed by atoms with Crippen LogP contribution in [0.3, 0.4) is 0 Å². The molecular formula is C21H33N3O2S. The average molecular weight is 392 g/mol. The minimum absolute atomic E-state index is 0.0617. The summed E-state index contributed by atoms with van der Waals surface area (Å²) >= 11 is 1.64. The topological polar surface area (TPSA) is 61.4 Å². The van der Waals surface area contributed by atoms with E-state index >= 15 is 0 Å². The van der Waals surface area contributed by atoms with Crippen LogP contribution >= 0.6 is 11.3 Å². The Kier molecular flexibility index (Phi) is 6.45. The summed E-state index contributed by atoms with van der Waals surface area (Å²) in [6, 6.07) is 4.21. The fourth-order valence-corrected chi connectivity index (χ4v) is 5.48. The highest BCUT2D eigenvalue weighted by atomic mass is 32.1. The van der Waals surface area contributed by atoms with Crippen molar-refractivity contribution in [1.82, 2.24) is 15.5 Å². The largest absolute Gasteiger partial charge is 0.353 e. The van der Waals surface area contributed by atoms with Gasteiger partial charge in [-0.2, -0.15) is 0 Å². The van der Waals surface area contributed by atoms with Gasteiger partial charge in [-0.15, -0.1) is 11.3 Å². The molecular weight excluding hydrogens is 358 g/mol. The van der Waals surface area contributed by atoms with Crippen LogP contribution in [0.15, 0.2) is 17.5 Å². The predicted molar refractivity (Wildman–Crippen MR) is 110 cm³/mol. The van der Waals surface area contributed by atoms with Gasteiger partial charge >= 0.3 is 6.03 Å². The highest BCUT2D eigenvalue weighted by Crippen LogP contribution is 2.38. The molecule has 2 N–H and O–H groups in total. The Morgan fingerprint density at radius 1 is 1.33 bits per heavy atom. The molecule has 1 saturated carbocycles. The molecule has 2 fully saturated rings. The van der Waals surface area contributed by atoms with Gasteiger partial charge in [-0.05, 0) is 54.9 Å². The molecule has 3 unspecified atom stereocenters. The molecule has 0 radical (unpaired) electrons. The highest BCUT2D eigenvalue weighted by Gasteiger charge is 2.35. The second-order valence-corrected chi connectivity index (χ2v) is 10.2. The molecule has 3 rings (SSSR count). The molecule has 3 amide bonds. The zero-order valence-corrected chi connectivity index (χ0v) is 17.6. The van der Waals surface area contributed by atoms with Crippen LogP contribution in [-0.4, -0.2) is 36.0 Å². The number of carbonyl (C=O) groups excluding carboxylic acids is 2. The number of thiophene rings is 1. The van der Waals surface area contributed by atoms with Gasteiger partial charge in [0.25, 0.3) is 0 Å². The van der Waals surface area contributed by atoms with Crippen LogP contribution in [0.1, 0.15) is 57.8 Å². The second kappa shape index (κ2) is 8.63. The lowest BCUT2D eigenvalue weighted by molar-refractivity contribution is -0.127. The number of hydrogen-bond acceptors (Lipinski definition) is 3. The van der Waals surface area contributed by atoms with E-state index < -0.39 is 0 Å². The molecule has 1 aliphatic carbocycles. The number of rotatable bonds is 4. The van der Waals surface area contributed by atoms with Gasteiger partial charge in [0.1, 0.15) is 0 Å². The molecule has 2 heterocycles. The van der Waals surface area contributed by atoms with Crippen molar-refractivity contribution < 1.29 is 9.59 Å². The maximum absolute atomic E-state index is 12.8. The van der Waals surface area contributed by atoms with E-state index in [9.17, 15) is 9.59 Å². The SMILES string of the molecule is CC1CC(NC(=O)C2CCCN(C(=O)NCc3cccs3)C2)CC(C)(C)C1. The first-order valence-electron chi connectivity index (χ1n) is 10.2. The third-order valence-electron chi connectivity index (χ3n) is 5.81. The van der Waals surface area contributed by atoms with Crippen LogP contribution in [-0.2, 0) is 11.3 Å². The third kappa shape index (κ3) is 5.71. The normalized spacial score (nSPS) is 27.8. The minimum Gasteiger partial charge on any atom is -0.353 e. The van der Waals surface area contributed by atoms with Gasteiger partial charge in [0.05, 0.1) is 12.5 Å². The summed E-state index contributed by atoms with van der Waals surface area (Å²) in [6.45, 7) is 8.67. The molecule has 6 heteroatoms. The molecule has 1 aliphatic heterocycles. The lowest BCUT2D eigenvalue weighted by atomic mass is 9.70. The lowest BCUT2D eigenvalue weighted by Crippen LogP contribution is -2.51. The van der Waals surface area contributed by atoms with E-state index in [1.807, 2.05) is 17.5 Å². The van der Waals surface area contributed by atoms with Crippen molar-refractivity contribution in [1.29, 1.82) is 0 Å². The Morgan fingerprint density at radius 2 is 2.15 bits per heavy atom. The molecule has 5 nitrogen and oxygen atoms in total. The molecule has 0 bridgehead atoms. The van der Waals surface area contributed by atoms with E-state index in [2.05, 4.69) is 31.4 Å². The summed E-state index contributed by atoms with van der Waals surface area (Å²) in [7, 11) is 0. The first-order chi connectivity index (χ1) is 12.8. The minimum atomic E-state index is -0.0911. The Hall–Kier alpha value is -1.56. The quantitative estimate of drug-likeness (QED) is 0.815. The van der Waals surface area contributed by atoms with Crippen molar-refractivity contribution in [3.05, 3.63) is 22.4 Å². The number of amides is 3. The summed E-state index contributed by atoms with van der Waals surface area (Å²) in [4.78, 5) is 28.2. The van der Waals surface area contributed by atoms with Crippen molar-refractivity contribution in [3.63, 3.8) is 0 Å². The molecule has 2 aliphatic rings. The maximum Gasteiger partial charge on any atom is 0.317 e. The van der Waals surface area contributed by atoms with Crippen molar-refractivity contribution in [3.8, 4) is 0 Å². The molecule has 27 heavy (non-hydrogen) atoms. The first-order valence-corrected chi connectivity index (χ1v) is 11.1. The Balaban J connectivity index is 1.49. The molecule has 1 aromatic rings. The van der Waals surface area contributed by atoms with Crippen LogP contribution in [0.4, 0.5) is 4.79 Å². The van der Waals surface area contributed by atoms with Crippen LogP contribution in [0, 0.1) is 17.3 Å². The monoisotopic (exact) mass is 391 g/mol. The fourth-order valence-electron chi connectivity index (χ4n) is 4.84. The molecule has 150 valence electrons. The number of nitrogens with one attached hydrogen (secondary N) is 2. The molecule has 1 aromatic heterocycles. The molecule has 3 atom stereocenters. The van der Waals surface area contributed by atoms with E-state index in [4.69, 9.17) is 0 Å². The van der Waals surface area contributed by atoms with Gasteiger partial charge < -0.3 is 15.5 Å². The van der Waals surface area contributed by atoms with Gasteiger partial charge in [-0.1, -0.05) is 26.8 Å². The first kappa shape index (κ1) is 20.2. The van der Waals surface area contributed by atoms with Crippen LogP contribution in [0.2, 0.25) is 0 Å². The summed E-state index contributed by atoms with van der Waals surface area (Å²) in [5.74, 6) is 0.678. The Bertz CT molecular complexity index is 644. The molecule has 0 aromatic carbocycles. The van der Waals surface area contributed by atoms with Gasteiger partial charge in [0.15, 0.2) is 0 Å². The van der Waals surface area contributed by atoms with Crippen molar-refractivity contribution in [2.75, 3.05) is 13.1 Å². The van der Waals surface area contributed by atoms with Gasteiger partial charge in [-0.25, -0.2) is 4.79 Å². The molecule has 1 saturated heterocycles. The Morgan fingerprint density at radius 3 is 2.85 bits per heavy atom. The number of hydrogen-bond donors (Lipinski definition) is 2. The van der Waals surface area contributed by atoms with Crippen LogP contribution < -0.4 is 10.6 Å². The van der Waals surface area contributed by atoms with E-state index in [0.29, 0.717) is 19.0 Å². The average Bonchev–Trinajstić information content (AvgIpc) is 3.11. The Labute approximate surface area is 166 Å². The highest BCUT2D eigenvalue weighted by molar-refractivity contribution is 7.09. The zero-order chi connectivity index (χ0) is 19.4. The fraction of sp³-hybridized carbons (Fsp3) is 0.714. The van der Waals surface area contributed by atoms with E-state index in [-0.39, 0.29) is 29.3 Å². The van der Waals surface area contributed by atoms with Crippen molar-refractivity contribution in [2.45, 2.75) is 65.5 Å². The van der Waals surface area contributed by atoms with Crippen molar-refractivity contribution >= 4 is 23.3 Å². The number of nitrogens with zero attached hydrogens (tertiary/aromatic N) is 1. The smallest absolute Gasteiger partial charge is 0.317 e. The zero-order valence-electron chi connectivity index (χ0n) is 16.8. The summed E-state index contributed by atoms with van der Waals surface area (Å²) in [5, 5.41) is 8.28. The summed E-state index contributed by atoms with van der Waals surface area (Å²) in [6.07, 6.45) is 5.08. The van der Waals surface area contributed by atoms with Crippen molar-refractivity contribution in [2.24, 2.45) is 17.3 Å². The van der Waals surface area contributed by atoms with Crippen LogP contribution in [0.25, 0.3) is 0 Å². The number of piperidine rings is 1. The second-order valence-electron chi connectivity index (χ2n) is 9.14. The van der Waals surface area contributed by atoms with E-state index in [0.717, 1.165) is 37.1 Å².